The van der Waals surface area contributed by atoms with Crippen molar-refractivity contribution in [3.8, 4) is 0 Å². The summed E-state index contributed by atoms with van der Waals surface area (Å²) in [4.78, 5) is 15.2. The number of alkyl halides is 2. The van der Waals surface area contributed by atoms with Crippen molar-refractivity contribution in [1.82, 2.24) is 25.0 Å². The predicted molar refractivity (Wildman–Crippen MR) is 139 cm³/mol. The monoisotopic (exact) mass is 515 g/mol. The molecule has 3 fully saturated rings. The van der Waals surface area contributed by atoms with Crippen LogP contribution >= 0.6 is 0 Å². The molecule has 5 rings (SSSR count). The number of nitrogens with one attached hydrogen (secondary N) is 1. The van der Waals surface area contributed by atoms with E-state index in [0.717, 1.165) is 42.9 Å². The molecule has 1 saturated carbocycles. The smallest absolute Gasteiger partial charge is 0.248 e. The number of aromatic nitrogens is 3. The Kier molecular flexibility index (Phi) is 6.93. The van der Waals surface area contributed by atoms with Crippen LogP contribution < -0.4 is 5.32 Å². The fraction of sp³-hybridized carbons (Fsp3) is 0.690. The van der Waals surface area contributed by atoms with Gasteiger partial charge >= 0.3 is 0 Å². The van der Waals surface area contributed by atoms with Crippen LogP contribution in [0.15, 0.2) is 30.3 Å². The topological polar surface area (TPSA) is 63.1 Å². The number of carbonyl (C=O) groups is 1. The summed E-state index contributed by atoms with van der Waals surface area (Å²) in [6.45, 7) is 4.60. The minimum Gasteiger partial charge on any atom is -0.349 e. The lowest BCUT2D eigenvalue weighted by Crippen LogP contribution is -2.45. The van der Waals surface area contributed by atoms with Gasteiger partial charge in [0.1, 0.15) is 11.6 Å². The highest BCUT2D eigenvalue weighted by Gasteiger charge is 2.42. The van der Waals surface area contributed by atoms with E-state index in [1.54, 1.807) is 0 Å². The van der Waals surface area contributed by atoms with Crippen LogP contribution in [0, 0.1) is 12.8 Å². The van der Waals surface area contributed by atoms with Gasteiger partial charge in [0.15, 0.2) is 0 Å². The first kappa shape index (κ1) is 23.7. The molecule has 1 aromatic heterocycles. The van der Waals surface area contributed by atoms with Crippen LogP contribution in [0.4, 0.5) is 8.78 Å². The Morgan fingerprint density at radius 1 is 1.08 bits per heavy atom. The van der Waals surface area contributed by atoms with Gasteiger partial charge in [-0.2, -0.15) is 0 Å². The van der Waals surface area contributed by atoms with Crippen molar-refractivity contribution in [2.45, 2.75) is 115 Å². The Bertz CT molecular complexity index is 1130. The molecule has 1 aromatic carbocycles. The third-order valence-corrected chi connectivity index (χ3v) is 8.57. The summed E-state index contributed by atoms with van der Waals surface area (Å²) in [7, 11) is 0. The number of halogens is 2. The molecule has 1 amide bonds. The Hall–Kier alpha value is -2.35. The Balaban J connectivity index is 1.32. The van der Waals surface area contributed by atoms with Crippen LogP contribution in [-0.4, -0.2) is 50.1 Å². The van der Waals surface area contributed by atoms with Gasteiger partial charge in [-0.1, -0.05) is 44.2 Å². The van der Waals surface area contributed by atoms with Crippen molar-refractivity contribution in [3.63, 3.8) is 0 Å². The summed E-state index contributed by atoms with van der Waals surface area (Å²) in [5.41, 5.74) is 0.833. The number of aryl methyl sites for hydroxylation is 1. The third-order valence-electron chi connectivity index (χ3n) is 8.57. The van der Waals surface area contributed by atoms with Crippen LogP contribution in [0.3, 0.4) is 0 Å². The van der Waals surface area contributed by atoms with Crippen molar-refractivity contribution in [2.75, 3.05) is 6.50 Å². The molecule has 6 nitrogen and oxygen atoms in total. The predicted octanol–water partition coefficient (Wildman–Crippen LogP) is 5.95. The summed E-state index contributed by atoms with van der Waals surface area (Å²) in [6.07, 6.45) is 3.44. The SMILES string of the molecule is [2H]C([2H])(C[C@H](NC(=O)C1CCC(F)(F)CC1)c1ccccc1)N1C2CCC1CC(n1c(C)nnc1C(C)C)C2. The lowest BCUT2D eigenvalue weighted by molar-refractivity contribution is -0.130. The van der Waals surface area contributed by atoms with E-state index < -0.39 is 24.4 Å². The second kappa shape index (κ2) is 10.8. The summed E-state index contributed by atoms with van der Waals surface area (Å²) < 4.78 is 48.1. The van der Waals surface area contributed by atoms with Gasteiger partial charge < -0.3 is 9.88 Å². The molecule has 3 atom stereocenters. The molecule has 0 radical (unpaired) electrons. The number of rotatable bonds is 8. The molecule has 3 aliphatic rings. The first-order valence-corrected chi connectivity index (χ1v) is 13.9. The van der Waals surface area contributed by atoms with E-state index >= 15 is 0 Å². The van der Waals surface area contributed by atoms with E-state index in [1.807, 2.05) is 37.3 Å². The van der Waals surface area contributed by atoms with E-state index in [2.05, 4.69) is 38.8 Å². The normalized spacial score (nSPS) is 28.1. The molecule has 3 heterocycles. The third kappa shape index (κ3) is 5.74. The number of hydrogen-bond donors (Lipinski definition) is 1. The van der Waals surface area contributed by atoms with Crippen LogP contribution in [0.25, 0.3) is 0 Å². The number of hydrogen-bond acceptors (Lipinski definition) is 4. The Morgan fingerprint density at radius 3 is 2.35 bits per heavy atom. The molecule has 202 valence electrons. The lowest BCUT2D eigenvalue weighted by atomic mass is 9.86. The van der Waals surface area contributed by atoms with Gasteiger partial charge in [0, 0.05) is 52.0 Å². The second-order valence-corrected chi connectivity index (χ2v) is 11.5. The molecule has 1 aliphatic carbocycles. The molecular weight excluding hydrogens is 472 g/mol. The number of nitrogens with zero attached hydrogens (tertiary/aromatic N) is 4. The highest BCUT2D eigenvalue weighted by atomic mass is 19.3. The quantitative estimate of drug-likeness (QED) is 0.472. The maximum absolute atomic E-state index is 13.7. The fourth-order valence-corrected chi connectivity index (χ4v) is 6.57. The molecule has 0 spiro atoms. The standard InChI is InChI=1S/C29H41F2N5O/c1-19(2)27-34-33-20(3)36(27)25-17-23-9-10-24(18-25)35(23)16-13-26(21-7-5-4-6-8-21)32-28(37)22-11-14-29(30,31)15-12-22/h4-8,19,22-26H,9-18H2,1-3H3,(H,32,37)/t23?,24?,25?,26-/m0/s1/i16D2. The average Bonchev–Trinajstić information content (AvgIpc) is 3.41. The number of amides is 1. The van der Waals surface area contributed by atoms with E-state index in [9.17, 15) is 16.3 Å². The molecule has 37 heavy (non-hydrogen) atoms. The van der Waals surface area contributed by atoms with E-state index in [4.69, 9.17) is 0 Å². The van der Waals surface area contributed by atoms with Crippen molar-refractivity contribution in [1.29, 1.82) is 0 Å². The highest BCUT2D eigenvalue weighted by molar-refractivity contribution is 5.79. The van der Waals surface area contributed by atoms with E-state index in [-0.39, 0.29) is 62.1 Å². The van der Waals surface area contributed by atoms with Crippen molar-refractivity contribution in [2.24, 2.45) is 5.92 Å². The van der Waals surface area contributed by atoms with Gasteiger partial charge in [-0.05, 0) is 57.4 Å². The molecule has 2 saturated heterocycles. The Morgan fingerprint density at radius 2 is 1.73 bits per heavy atom. The number of carbonyl (C=O) groups excluding carboxylic acids is 1. The van der Waals surface area contributed by atoms with Crippen LogP contribution in [0.2, 0.25) is 0 Å². The maximum Gasteiger partial charge on any atom is 0.248 e. The van der Waals surface area contributed by atoms with Crippen molar-refractivity contribution < 1.29 is 16.3 Å². The van der Waals surface area contributed by atoms with Crippen LogP contribution in [0.5, 0.6) is 0 Å². The minimum atomic E-state index is -2.69. The highest BCUT2D eigenvalue weighted by Crippen LogP contribution is 2.42. The summed E-state index contributed by atoms with van der Waals surface area (Å²) in [6, 6.07) is 9.36. The van der Waals surface area contributed by atoms with Gasteiger partial charge in [0.05, 0.1) is 6.04 Å². The van der Waals surface area contributed by atoms with Gasteiger partial charge in [0.25, 0.3) is 0 Å². The van der Waals surface area contributed by atoms with Crippen LogP contribution in [0.1, 0.15) is 110 Å². The first-order chi connectivity index (χ1) is 18.4. The van der Waals surface area contributed by atoms with E-state index in [1.165, 1.54) is 0 Å². The van der Waals surface area contributed by atoms with Gasteiger partial charge in [-0.3, -0.25) is 9.69 Å². The van der Waals surface area contributed by atoms with Crippen molar-refractivity contribution in [3.05, 3.63) is 47.5 Å². The molecule has 1 N–H and O–H groups in total. The molecular formula is C29H41F2N5O. The lowest BCUT2D eigenvalue weighted by Gasteiger charge is -2.40. The molecule has 2 aliphatic heterocycles. The molecule has 2 bridgehead atoms. The average molecular weight is 516 g/mol. The first-order valence-electron chi connectivity index (χ1n) is 14.9. The second-order valence-electron chi connectivity index (χ2n) is 11.5. The molecule has 2 unspecified atom stereocenters. The van der Waals surface area contributed by atoms with E-state index in [0.29, 0.717) is 0 Å². The number of benzene rings is 1. The van der Waals surface area contributed by atoms with Gasteiger partial charge in [0.2, 0.25) is 11.8 Å². The zero-order chi connectivity index (χ0) is 27.9. The maximum atomic E-state index is 13.7. The summed E-state index contributed by atoms with van der Waals surface area (Å²) in [5, 5.41) is 11.8. The number of fused-ring (bicyclic) bond motifs is 2. The molecule has 2 aromatic rings. The summed E-state index contributed by atoms with van der Waals surface area (Å²) >= 11 is 0. The van der Waals surface area contributed by atoms with Gasteiger partial charge in [-0.15, -0.1) is 10.2 Å². The molecule has 8 heteroatoms. The van der Waals surface area contributed by atoms with Gasteiger partial charge in [-0.25, -0.2) is 8.78 Å². The Labute approximate surface area is 222 Å². The number of piperidine rings is 1. The fourth-order valence-electron chi connectivity index (χ4n) is 6.57. The summed E-state index contributed by atoms with van der Waals surface area (Å²) in [5.74, 6) is -1.25. The zero-order valence-electron chi connectivity index (χ0n) is 24.2. The minimum absolute atomic E-state index is 0.0956. The largest absolute Gasteiger partial charge is 0.349 e. The zero-order valence-corrected chi connectivity index (χ0v) is 22.2. The van der Waals surface area contributed by atoms with Crippen LogP contribution in [-0.2, 0) is 4.79 Å². The van der Waals surface area contributed by atoms with Crippen molar-refractivity contribution >= 4 is 5.91 Å².